The molecule has 1 heterocycles. The number of halogens is 1. The van der Waals surface area contributed by atoms with Gasteiger partial charge in [0.2, 0.25) is 0 Å². The van der Waals surface area contributed by atoms with E-state index in [0.717, 1.165) is 43.6 Å². The zero-order valence-corrected chi connectivity index (χ0v) is 24.4. The second-order valence-corrected chi connectivity index (χ2v) is 13.9. The number of rotatable bonds is 8. The van der Waals surface area contributed by atoms with E-state index in [9.17, 15) is 5.11 Å². The Hall–Kier alpha value is -1.07. The van der Waals surface area contributed by atoms with Gasteiger partial charge in [-0.3, -0.25) is 0 Å². The predicted molar refractivity (Wildman–Crippen MR) is 154 cm³/mol. The lowest BCUT2D eigenvalue weighted by Crippen LogP contribution is -2.53. The minimum Gasteiger partial charge on any atom is -0.490 e. The van der Waals surface area contributed by atoms with Gasteiger partial charge in [0.15, 0.2) is 0 Å². The van der Waals surface area contributed by atoms with Crippen LogP contribution in [0, 0.1) is 28.6 Å². The third kappa shape index (κ3) is 4.86. The molecule has 2 unspecified atom stereocenters. The molecule has 1 saturated heterocycles. The molecule has 4 aliphatic carbocycles. The fraction of sp³-hybridized carbons (Fsp3) is 0.758. The molecular formula is C33H48ClNO3. The van der Waals surface area contributed by atoms with Crippen molar-refractivity contribution in [2.45, 2.75) is 90.1 Å². The van der Waals surface area contributed by atoms with Crippen molar-refractivity contribution >= 4 is 11.6 Å². The van der Waals surface area contributed by atoms with Crippen molar-refractivity contribution in [1.82, 2.24) is 4.90 Å². The van der Waals surface area contributed by atoms with Crippen LogP contribution in [0.15, 0.2) is 29.8 Å². The molecule has 0 spiro atoms. The maximum Gasteiger partial charge on any atom is 0.138 e. The summed E-state index contributed by atoms with van der Waals surface area (Å²) in [4.78, 5) is 2.47. The molecule has 38 heavy (non-hydrogen) atoms. The average molecular weight is 542 g/mol. The monoisotopic (exact) mass is 541 g/mol. The molecule has 1 aromatic carbocycles. The van der Waals surface area contributed by atoms with Crippen LogP contribution in [-0.4, -0.2) is 55.6 Å². The average Bonchev–Trinajstić information content (AvgIpc) is 3.56. The highest BCUT2D eigenvalue weighted by molar-refractivity contribution is 6.32. The van der Waals surface area contributed by atoms with E-state index in [2.05, 4.69) is 37.0 Å². The van der Waals surface area contributed by atoms with E-state index in [0.29, 0.717) is 29.6 Å². The van der Waals surface area contributed by atoms with Crippen molar-refractivity contribution in [2.75, 3.05) is 39.5 Å². The number of hydrogen-bond acceptors (Lipinski definition) is 4. The molecule has 7 atom stereocenters. The second kappa shape index (κ2) is 11.1. The van der Waals surface area contributed by atoms with E-state index < -0.39 is 0 Å². The summed E-state index contributed by atoms with van der Waals surface area (Å²) in [6.45, 7) is 10.3. The second-order valence-electron chi connectivity index (χ2n) is 13.5. The van der Waals surface area contributed by atoms with Gasteiger partial charge in [0, 0.05) is 17.9 Å². The molecule has 5 heteroatoms. The fourth-order valence-electron chi connectivity index (χ4n) is 9.67. The molecule has 3 saturated carbocycles. The van der Waals surface area contributed by atoms with Gasteiger partial charge < -0.3 is 19.5 Å². The predicted octanol–water partition coefficient (Wildman–Crippen LogP) is 7.24. The highest BCUT2D eigenvalue weighted by Gasteiger charge is 2.59. The summed E-state index contributed by atoms with van der Waals surface area (Å²) in [5.41, 5.74) is 3.30. The Morgan fingerprint density at radius 3 is 2.68 bits per heavy atom. The molecule has 6 rings (SSSR count). The van der Waals surface area contributed by atoms with Crippen molar-refractivity contribution in [3.05, 3.63) is 40.4 Å². The van der Waals surface area contributed by atoms with Crippen molar-refractivity contribution < 1.29 is 14.6 Å². The van der Waals surface area contributed by atoms with Gasteiger partial charge in [-0.15, -0.1) is 0 Å². The summed E-state index contributed by atoms with van der Waals surface area (Å²) in [5, 5.41) is 12.2. The standard InChI is InChI=1S/C33H48ClNO3/c1-32-14-5-6-26(32)25-10-8-24-9-12-29(36)31(33(24,2)27(25)13-15-32)23-7-11-28(34)30(22-23)38-21-20-37-19-18-35-16-3-4-17-35/h7-8,11,22,25-27,29,31,36H,3-6,9-10,12-21H2,1-2H3/t25-,26-,27+,29?,31?,32-,33-/m0/s1. The molecule has 4 nitrogen and oxygen atoms in total. The quantitative estimate of drug-likeness (QED) is 0.278. The first-order valence-electron chi connectivity index (χ1n) is 15.5. The van der Waals surface area contributed by atoms with Crippen LogP contribution < -0.4 is 4.74 Å². The van der Waals surface area contributed by atoms with Crippen LogP contribution in [0.3, 0.4) is 0 Å². The van der Waals surface area contributed by atoms with Crippen LogP contribution in [0.5, 0.6) is 5.75 Å². The van der Waals surface area contributed by atoms with E-state index in [1.54, 1.807) is 5.57 Å². The van der Waals surface area contributed by atoms with Crippen LogP contribution in [-0.2, 0) is 4.74 Å². The first-order chi connectivity index (χ1) is 18.4. The first-order valence-corrected chi connectivity index (χ1v) is 15.9. The van der Waals surface area contributed by atoms with Crippen molar-refractivity contribution in [3.63, 3.8) is 0 Å². The fourth-order valence-corrected chi connectivity index (χ4v) is 9.84. The molecule has 0 aromatic heterocycles. The third-order valence-corrected chi connectivity index (χ3v) is 11.9. The van der Waals surface area contributed by atoms with Crippen LogP contribution in [0.2, 0.25) is 5.02 Å². The first kappa shape index (κ1) is 27.1. The highest BCUT2D eigenvalue weighted by Crippen LogP contribution is 2.67. The van der Waals surface area contributed by atoms with Gasteiger partial charge in [-0.25, -0.2) is 0 Å². The van der Waals surface area contributed by atoms with Crippen LogP contribution in [0.25, 0.3) is 0 Å². The number of aliphatic hydroxyl groups is 1. The lowest BCUT2D eigenvalue weighted by atomic mass is 9.45. The number of aliphatic hydroxyl groups excluding tert-OH is 1. The normalized spacial score (nSPS) is 38.8. The zero-order chi connectivity index (χ0) is 26.3. The number of ether oxygens (including phenoxy) is 2. The van der Waals surface area contributed by atoms with Crippen LogP contribution in [0.1, 0.15) is 89.5 Å². The minimum absolute atomic E-state index is 0.00567. The highest BCUT2D eigenvalue weighted by atomic mass is 35.5. The van der Waals surface area contributed by atoms with Crippen LogP contribution >= 0.6 is 11.6 Å². The number of hydrogen-bond donors (Lipinski definition) is 1. The lowest BCUT2D eigenvalue weighted by Gasteiger charge is -2.60. The number of benzene rings is 1. The van der Waals surface area contributed by atoms with Gasteiger partial charge in [0.05, 0.1) is 24.3 Å². The van der Waals surface area contributed by atoms with Crippen molar-refractivity contribution in [1.29, 1.82) is 0 Å². The Kier molecular flexibility index (Phi) is 7.90. The molecule has 4 fully saturated rings. The van der Waals surface area contributed by atoms with E-state index in [1.807, 2.05) is 6.07 Å². The lowest BCUT2D eigenvalue weighted by molar-refractivity contribution is -0.0595. The summed E-state index contributed by atoms with van der Waals surface area (Å²) < 4.78 is 12.0. The number of likely N-dealkylation sites (tertiary alicyclic amines) is 1. The Morgan fingerprint density at radius 2 is 1.84 bits per heavy atom. The maximum atomic E-state index is 11.6. The van der Waals surface area contributed by atoms with Gasteiger partial charge in [-0.2, -0.15) is 0 Å². The number of fused-ring (bicyclic) bond motifs is 5. The van der Waals surface area contributed by atoms with E-state index in [-0.39, 0.29) is 17.4 Å². The Bertz CT molecular complexity index is 1020. The van der Waals surface area contributed by atoms with Gasteiger partial charge >= 0.3 is 0 Å². The molecule has 1 aliphatic heterocycles. The molecule has 1 aromatic rings. The Balaban J connectivity index is 1.18. The molecule has 5 aliphatic rings. The molecule has 210 valence electrons. The van der Waals surface area contributed by atoms with Gasteiger partial charge in [0.1, 0.15) is 12.4 Å². The minimum atomic E-state index is -0.337. The van der Waals surface area contributed by atoms with Crippen LogP contribution in [0.4, 0.5) is 0 Å². The third-order valence-electron chi connectivity index (χ3n) is 11.6. The SMILES string of the molecule is C[C@@]12CCC[C@H]1[C@@H]1CC=C3CCC(O)C(c4ccc(Cl)c(OCCOCCN5CCCC5)c4)[C@]3(C)[C@@H]1CC2. The molecule has 0 radical (unpaired) electrons. The summed E-state index contributed by atoms with van der Waals surface area (Å²) >= 11 is 6.61. The number of allylic oxidation sites excluding steroid dienone is 2. The van der Waals surface area contributed by atoms with E-state index >= 15 is 0 Å². The zero-order valence-electron chi connectivity index (χ0n) is 23.6. The molecule has 0 amide bonds. The Labute approximate surface area is 235 Å². The topological polar surface area (TPSA) is 41.9 Å². The smallest absolute Gasteiger partial charge is 0.138 e. The summed E-state index contributed by atoms with van der Waals surface area (Å²) in [5.74, 6) is 3.03. The summed E-state index contributed by atoms with van der Waals surface area (Å²) in [7, 11) is 0. The maximum absolute atomic E-state index is 11.6. The van der Waals surface area contributed by atoms with E-state index in [4.69, 9.17) is 21.1 Å². The number of nitrogens with zero attached hydrogens (tertiary/aromatic N) is 1. The van der Waals surface area contributed by atoms with Crippen molar-refractivity contribution in [3.8, 4) is 5.75 Å². The summed E-state index contributed by atoms with van der Waals surface area (Å²) in [6.07, 6.45) is 14.8. The summed E-state index contributed by atoms with van der Waals surface area (Å²) in [6, 6.07) is 6.25. The largest absolute Gasteiger partial charge is 0.490 e. The molecule has 0 bridgehead atoms. The van der Waals surface area contributed by atoms with Gasteiger partial charge in [-0.05, 0) is 112 Å². The van der Waals surface area contributed by atoms with Gasteiger partial charge in [0.25, 0.3) is 0 Å². The molecular weight excluding hydrogens is 494 g/mol. The van der Waals surface area contributed by atoms with E-state index in [1.165, 1.54) is 70.0 Å². The molecule has 1 N–H and O–H groups in total. The van der Waals surface area contributed by atoms with Gasteiger partial charge in [-0.1, -0.05) is 49.6 Å². The Morgan fingerprint density at radius 1 is 1.00 bits per heavy atom. The van der Waals surface area contributed by atoms with Crippen molar-refractivity contribution in [2.24, 2.45) is 28.6 Å².